The molecule has 0 fully saturated rings. The van der Waals surface area contributed by atoms with Crippen LogP contribution in [0.2, 0.25) is 0 Å². The smallest absolute Gasteiger partial charge is 0.128 e. The van der Waals surface area contributed by atoms with E-state index < -0.39 is 0 Å². The third-order valence-corrected chi connectivity index (χ3v) is 3.98. The van der Waals surface area contributed by atoms with Crippen molar-refractivity contribution in [2.75, 3.05) is 11.9 Å². The Kier molecular flexibility index (Phi) is 4.15. The second kappa shape index (κ2) is 5.62. The zero-order valence-corrected chi connectivity index (χ0v) is 11.8. The number of aliphatic hydroxyl groups is 1. The van der Waals surface area contributed by atoms with E-state index in [4.69, 9.17) is 5.11 Å². The van der Waals surface area contributed by atoms with Crippen molar-refractivity contribution >= 4 is 33.1 Å². The van der Waals surface area contributed by atoms with Crippen LogP contribution >= 0.6 is 27.3 Å². The minimum Gasteiger partial charge on any atom is -0.392 e. The van der Waals surface area contributed by atoms with Crippen LogP contribution in [-0.2, 0) is 13.2 Å². The molecule has 17 heavy (non-hydrogen) atoms. The average molecular weight is 313 g/mol. The molecule has 0 atom stereocenters. The molecule has 2 aromatic heterocycles. The van der Waals surface area contributed by atoms with E-state index in [-0.39, 0.29) is 6.61 Å². The molecular weight excluding hydrogens is 300 g/mol. The van der Waals surface area contributed by atoms with Gasteiger partial charge in [0.25, 0.3) is 0 Å². The van der Waals surface area contributed by atoms with Crippen molar-refractivity contribution in [2.45, 2.75) is 13.2 Å². The largest absolute Gasteiger partial charge is 0.392 e. The number of pyridine rings is 1. The molecule has 0 saturated heterocycles. The number of rotatable bonds is 4. The first-order chi connectivity index (χ1) is 8.19. The second-order valence-corrected chi connectivity index (χ2v) is 6.09. The molecule has 90 valence electrons. The van der Waals surface area contributed by atoms with Crippen molar-refractivity contribution in [2.24, 2.45) is 0 Å². The molecule has 2 rings (SSSR count). The molecule has 0 saturated carbocycles. The van der Waals surface area contributed by atoms with Gasteiger partial charge in [-0.2, -0.15) is 0 Å². The lowest BCUT2D eigenvalue weighted by Crippen LogP contribution is -2.17. The van der Waals surface area contributed by atoms with E-state index in [0.29, 0.717) is 0 Å². The number of nitrogens with zero attached hydrogens (tertiary/aromatic N) is 2. The summed E-state index contributed by atoms with van der Waals surface area (Å²) in [5.41, 5.74) is 2.13. The van der Waals surface area contributed by atoms with Crippen molar-refractivity contribution in [1.29, 1.82) is 0 Å². The summed E-state index contributed by atoms with van der Waals surface area (Å²) in [6, 6.07) is 5.83. The van der Waals surface area contributed by atoms with Crippen LogP contribution in [0.25, 0.3) is 0 Å². The maximum absolute atomic E-state index is 9.09. The molecule has 0 unspecified atom stereocenters. The van der Waals surface area contributed by atoms with E-state index in [0.717, 1.165) is 21.7 Å². The van der Waals surface area contributed by atoms with Gasteiger partial charge >= 0.3 is 0 Å². The van der Waals surface area contributed by atoms with Crippen LogP contribution in [0.3, 0.4) is 0 Å². The summed E-state index contributed by atoms with van der Waals surface area (Å²) in [4.78, 5) is 6.36. The molecule has 2 heterocycles. The molecule has 0 aromatic carbocycles. The molecular formula is C12H13BrN2OS. The third kappa shape index (κ3) is 3.28. The standard InChI is InChI=1S/C12H13BrN2OS/c1-15(6-10-4-11(13)17-8-10)12-5-9(7-16)2-3-14-12/h2-5,8,16H,6-7H2,1H3. The SMILES string of the molecule is CN(Cc1csc(Br)c1)c1cc(CO)ccn1. The number of hydrogen-bond donors (Lipinski definition) is 1. The molecule has 0 radical (unpaired) electrons. The lowest BCUT2D eigenvalue weighted by atomic mass is 10.2. The van der Waals surface area contributed by atoms with Crippen LogP contribution in [-0.4, -0.2) is 17.1 Å². The number of aromatic nitrogens is 1. The summed E-state index contributed by atoms with van der Waals surface area (Å²) in [7, 11) is 2.00. The van der Waals surface area contributed by atoms with Crippen molar-refractivity contribution in [1.82, 2.24) is 4.98 Å². The van der Waals surface area contributed by atoms with Gasteiger partial charge in [0.05, 0.1) is 10.4 Å². The highest BCUT2D eigenvalue weighted by Crippen LogP contribution is 2.22. The van der Waals surface area contributed by atoms with Gasteiger partial charge in [-0.25, -0.2) is 4.98 Å². The Morgan fingerprint density at radius 3 is 2.88 bits per heavy atom. The molecule has 0 aliphatic carbocycles. The monoisotopic (exact) mass is 312 g/mol. The van der Waals surface area contributed by atoms with E-state index in [1.165, 1.54) is 5.56 Å². The number of thiophene rings is 1. The average Bonchev–Trinajstić information content (AvgIpc) is 2.75. The summed E-state index contributed by atoms with van der Waals surface area (Å²) < 4.78 is 1.14. The maximum Gasteiger partial charge on any atom is 0.128 e. The predicted molar refractivity (Wildman–Crippen MR) is 74.3 cm³/mol. The fraction of sp³-hybridized carbons (Fsp3) is 0.250. The van der Waals surface area contributed by atoms with Crippen LogP contribution in [0.1, 0.15) is 11.1 Å². The zero-order valence-electron chi connectivity index (χ0n) is 9.43. The summed E-state index contributed by atoms with van der Waals surface area (Å²) in [5.74, 6) is 0.874. The molecule has 0 amide bonds. The van der Waals surface area contributed by atoms with Crippen LogP contribution in [0, 0.1) is 0 Å². The summed E-state index contributed by atoms with van der Waals surface area (Å²) >= 11 is 5.13. The summed E-state index contributed by atoms with van der Waals surface area (Å²) in [5, 5.41) is 11.2. The van der Waals surface area contributed by atoms with E-state index >= 15 is 0 Å². The van der Waals surface area contributed by atoms with Crippen molar-refractivity contribution in [3.63, 3.8) is 0 Å². The van der Waals surface area contributed by atoms with Gasteiger partial charge in [-0.3, -0.25) is 0 Å². The third-order valence-electron chi connectivity index (χ3n) is 2.43. The number of halogens is 1. The Balaban J connectivity index is 2.11. The Morgan fingerprint density at radius 2 is 2.24 bits per heavy atom. The van der Waals surface area contributed by atoms with E-state index in [9.17, 15) is 0 Å². The van der Waals surface area contributed by atoms with Gasteiger partial charge in [-0.05, 0) is 50.6 Å². The van der Waals surface area contributed by atoms with Crippen LogP contribution in [0.4, 0.5) is 5.82 Å². The molecule has 1 N–H and O–H groups in total. The predicted octanol–water partition coefficient (Wildman–Crippen LogP) is 3.03. The Bertz CT molecular complexity index is 501. The minimum atomic E-state index is 0.0490. The highest BCUT2D eigenvalue weighted by atomic mass is 79.9. The highest BCUT2D eigenvalue weighted by molar-refractivity contribution is 9.11. The topological polar surface area (TPSA) is 36.4 Å². The second-order valence-electron chi connectivity index (χ2n) is 3.80. The van der Waals surface area contributed by atoms with Crippen molar-refractivity contribution in [3.05, 3.63) is 44.7 Å². The quantitative estimate of drug-likeness (QED) is 0.942. The first-order valence-corrected chi connectivity index (χ1v) is 6.86. The molecule has 0 bridgehead atoms. The Morgan fingerprint density at radius 1 is 1.41 bits per heavy atom. The Hall–Kier alpha value is -0.910. The fourth-order valence-corrected chi connectivity index (χ4v) is 2.75. The molecule has 5 heteroatoms. The van der Waals surface area contributed by atoms with Gasteiger partial charge in [0.2, 0.25) is 0 Å². The molecule has 0 aliphatic heterocycles. The zero-order chi connectivity index (χ0) is 12.3. The van der Waals surface area contributed by atoms with Gasteiger partial charge in [-0.15, -0.1) is 11.3 Å². The van der Waals surface area contributed by atoms with Gasteiger partial charge in [0.15, 0.2) is 0 Å². The number of aliphatic hydroxyl groups excluding tert-OH is 1. The van der Waals surface area contributed by atoms with Gasteiger partial charge in [0.1, 0.15) is 5.82 Å². The minimum absolute atomic E-state index is 0.0490. The van der Waals surface area contributed by atoms with E-state index in [1.54, 1.807) is 17.5 Å². The van der Waals surface area contributed by atoms with Crippen LogP contribution in [0.15, 0.2) is 33.6 Å². The number of hydrogen-bond acceptors (Lipinski definition) is 4. The van der Waals surface area contributed by atoms with Gasteiger partial charge < -0.3 is 10.0 Å². The first kappa shape index (κ1) is 12.5. The maximum atomic E-state index is 9.09. The first-order valence-electron chi connectivity index (χ1n) is 5.19. The van der Waals surface area contributed by atoms with Crippen molar-refractivity contribution in [3.8, 4) is 0 Å². The molecule has 3 nitrogen and oxygen atoms in total. The summed E-state index contributed by atoms with van der Waals surface area (Å²) in [6.45, 7) is 0.858. The van der Waals surface area contributed by atoms with Crippen molar-refractivity contribution < 1.29 is 5.11 Å². The fourth-order valence-electron chi connectivity index (χ4n) is 1.55. The normalized spacial score (nSPS) is 10.5. The van der Waals surface area contributed by atoms with Gasteiger partial charge in [0, 0.05) is 19.8 Å². The van der Waals surface area contributed by atoms with Crippen LogP contribution in [0.5, 0.6) is 0 Å². The Labute approximate surface area is 113 Å². The lowest BCUT2D eigenvalue weighted by molar-refractivity contribution is 0.281. The lowest BCUT2D eigenvalue weighted by Gasteiger charge is -2.17. The van der Waals surface area contributed by atoms with E-state index in [1.807, 2.05) is 19.2 Å². The highest BCUT2D eigenvalue weighted by Gasteiger charge is 2.05. The molecule has 0 spiro atoms. The molecule has 2 aromatic rings. The summed E-state index contributed by atoms with van der Waals surface area (Å²) in [6.07, 6.45) is 1.72. The number of anilines is 1. The molecule has 0 aliphatic rings. The van der Waals surface area contributed by atoms with Gasteiger partial charge in [-0.1, -0.05) is 0 Å². The van der Waals surface area contributed by atoms with E-state index in [2.05, 4.69) is 37.3 Å². The van der Waals surface area contributed by atoms with Crippen LogP contribution < -0.4 is 4.90 Å².